The molecule has 1 aromatic heterocycles. The van der Waals surface area contributed by atoms with E-state index in [0.717, 1.165) is 48.1 Å². The summed E-state index contributed by atoms with van der Waals surface area (Å²) in [4.78, 5) is 19.4. The lowest BCUT2D eigenvalue weighted by Gasteiger charge is -2.14. The molecule has 8 heteroatoms. The normalized spacial score (nSPS) is 12.5. The van der Waals surface area contributed by atoms with Crippen LogP contribution < -0.4 is 14.8 Å². The molecule has 0 bridgehead atoms. The molecule has 1 amide bonds. The van der Waals surface area contributed by atoms with Gasteiger partial charge in [-0.25, -0.2) is 4.99 Å². The molecule has 0 fully saturated rings. The maximum absolute atomic E-state index is 13.4. The lowest BCUT2D eigenvalue weighted by molar-refractivity contribution is 0.102. The zero-order valence-corrected chi connectivity index (χ0v) is 23.6. The number of anilines is 1. The Labute approximate surface area is 242 Å². The number of hydrogen-bond donors (Lipinski definition) is 1. The number of hydrogen-bond acceptors (Lipinski definition) is 6. The zero-order valence-electron chi connectivity index (χ0n) is 22.1. The second kappa shape index (κ2) is 12.8. The van der Waals surface area contributed by atoms with Crippen molar-refractivity contribution in [2.45, 2.75) is 39.2 Å². The summed E-state index contributed by atoms with van der Waals surface area (Å²) in [5.74, 6) is 0.814. The number of benzene rings is 3. The number of amides is 1. The summed E-state index contributed by atoms with van der Waals surface area (Å²) in [6, 6.07) is 22.4. The molecular weight excluding hydrogens is 542 g/mol. The summed E-state index contributed by atoms with van der Waals surface area (Å²) in [7, 11) is 0. The number of thiophene rings is 1. The van der Waals surface area contributed by atoms with Crippen molar-refractivity contribution in [1.82, 2.24) is 0 Å². The van der Waals surface area contributed by atoms with E-state index in [-0.39, 0.29) is 12.5 Å². The van der Waals surface area contributed by atoms with Crippen LogP contribution in [0, 0.1) is 11.3 Å². The van der Waals surface area contributed by atoms with Crippen molar-refractivity contribution in [3.8, 4) is 17.6 Å². The minimum atomic E-state index is -0.141. The first-order valence-corrected chi connectivity index (χ1v) is 14.4. The average Bonchev–Trinajstić information content (AvgIpc) is 3.35. The zero-order chi connectivity index (χ0) is 27.9. The maximum atomic E-state index is 13.4. The molecule has 0 saturated carbocycles. The van der Waals surface area contributed by atoms with Gasteiger partial charge in [-0.05, 0) is 85.7 Å². The molecule has 0 atom stereocenters. The Morgan fingerprint density at radius 3 is 2.62 bits per heavy atom. The van der Waals surface area contributed by atoms with Gasteiger partial charge in [0.1, 0.15) is 11.6 Å². The number of carbonyl (C=O) groups excluding carboxylic acids is 1. The van der Waals surface area contributed by atoms with E-state index in [9.17, 15) is 4.79 Å². The standard InChI is InChI=1S/C32H28ClN3O3S/c1-2-38-27-17-23(16-26(33)30(27)39-20-22-14-12-21(18-34)13-15-22)19-35-32-29(25-10-6-7-11-28(25)40-32)31(37)36-24-8-4-3-5-9-24/h3-5,8-9,12-17,19H,2,6-7,10-11,20H2,1H3,(H,36,37). The van der Waals surface area contributed by atoms with Gasteiger partial charge in [0.05, 0.1) is 28.8 Å². The number of rotatable bonds is 9. The van der Waals surface area contributed by atoms with Crippen LogP contribution in [0.5, 0.6) is 11.5 Å². The van der Waals surface area contributed by atoms with Gasteiger partial charge in [0.25, 0.3) is 5.91 Å². The summed E-state index contributed by atoms with van der Waals surface area (Å²) in [5.41, 5.74) is 4.75. The van der Waals surface area contributed by atoms with Crippen molar-refractivity contribution in [2.24, 2.45) is 4.99 Å². The molecule has 1 heterocycles. The van der Waals surface area contributed by atoms with Crippen LogP contribution >= 0.6 is 22.9 Å². The van der Waals surface area contributed by atoms with Gasteiger partial charge in [-0.15, -0.1) is 11.3 Å². The summed E-state index contributed by atoms with van der Waals surface area (Å²) in [6.45, 7) is 2.61. The van der Waals surface area contributed by atoms with Gasteiger partial charge in [-0.2, -0.15) is 5.26 Å². The van der Waals surface area contributed by atoms with Crippen molar-refractivity contribution in [1.29, 1.82) is 5.26 Å². The van der Waals surface area contributed by atoms with Crippen molar-refractivity contribution in [2.75, 3.05) is 11.9 Å². The molecule has 0 spiro atoms. The average molecular weight is 570 g/mol. The van der Waals surface area contributed by atoms with E-state index in [1.807, 2.05) is 55.5 Å². The van der Waals surface area contributed by atoms with Gasteiger partial charge >= 0.3 is 0 Å². The van der Waals surface area contributed by atoms with Crippen LogP contribution in [0.1, 0.15) is 57.3 Å². The highest BCUT2D eigenvalue weighted by Gasteiger charge is 2.25. The Kier molecular flexibility index (Phi) is 8.80. The molecule has 4 aromatic rings. The predicted molar refractivity (Wildman–Crippen MR) is 161 cm³/mol. The Balaban J connectivity index is 1.41. The molecule has 0 saturated heterocycles. The Hall–Kier alpha value is -4.12. The second-order valence-corrected chi connectivity index (χ2v) is 10.8. The molecule has 1 aliphatic carbocycles. The predicted octanol–water partition coefficient (Wildman–Crippen LogP) is 8.13. The molecule has 0 unspecified atom stereocenters. The molecule has 202 valence electrons. The Bertz CT molecular complexity index is 1570. The minimum Gasteiger partial charge on any atom is -0.490 e. The first-order valence-electron chi connectivity index (χ1n) is 13.2. The van der Waals surface area contributed by atoms with Gasteiger partial charge in [0.15, 0.2) is 11.5 Å². The SMILES string of the molecule is CCOc1cc(C=Nc2sc3c(c2C(=O)Nc2ccccc2)CCCC3)cc(Cl)c1OCc1ccc(C#N)cc1. The van der Waals surface area contributed by atoms with Crippen LogP contribution in [-0.4, -0.2) is 18.7 Å². The van der Waals surface area contributed by atoms with Gasteiger partial charge in [0.2, 0.25) is 0 Å². The van der Waals surface area contributed by atoms with Gasteiger partial charge < -0.3 is 14.8 Å². The Morgan fingerprint density at radius 1 is 1.10 bits per heavy atom. The summed E-state index contributed by atoms with van der Waals surface area (Å²) in [6.07, 6.45) is 5.75. The van der Waals surface area contributed by atoms with Gasteiger partial charge in [-0.1, -0.05) is 41.9 Å². The lowest BCUT2D eigenvalue weighted by Crippen LogP contribution is -2.14. The Morgan fingerprint density at radius 2 is 1.88 bits per heavy atom. The van der Waals surface area contributed by atoms with E-state index in [2.05, 4.69) is 11.4 Å². The third kappa shape index (κ3) is 6.36. The summed E-state index contributed by atoms with van der Waals surface area (Å²) >= 11 is 8.23. The molecule has 3 aromatic carbocycles. The van der Waals surface area contributed by atoms with E-state index < -0.39 is 0 Å². The molecule has 0 radical (unpaired) electrons. The lowest BCUT2D eigenvalue weighted by atomic mass is 9.95. The fourth-order valence-corrected chi connectivity index (χ4v) is 6.13. The fourth-order valence-electron chi connectivity index (χ4n) is 4.62. The number of carbonyl (C=O) groups is 1. The van der Waals surface area contributed by atoms with Crippen molar-refractivity contribution >= 4 is 45.7 Å². The number of nitrogens with one attached hydrogen (secondary N) is 1. The van der Waals surface area contributed by atoms with Crippen LogP contribution in [-0.2, 0) is 19.4 Å². The molecule has 5 rings (SSSR count). The smallest absolute Gasteiger partial charge is 0.259 e. The third-order valence-electron chi connectivity index (χ3n) is 6.54. The number of para-hydroxylation sites is 1. The molecule has 1 aliphatic rings. The highest BCUT2D eigenvalue weighted by atomic mass is 35.5. The molecule has 40 heavy (non-hydrogen) atoms. The number of aliphatic imine (C=N–C) groups is 1. The van der Waals surface area contributed by atoms with E-state index in [4.69, 9.17) is 31.3 Å². The molecule has 0 aliphatic heterocycles. The van der Waals surface area contributed by atoms with E-state index in [1.165, 1.54) is 4.88 Å². The van der Waals surface area contributed by atoms with Crippen molar-refractivity contribution < 1.29 is 14.3 Å². The van der Waals surface area contributed by atoms with Crippen molar-refractivity contribution in [3.63, 3.8) is 0 Å². The molecular formula is C32H28ClN3O3S. The highest BCUT2D eigenvalue weighted by Crippen LogP contribution is 2.41. The number of nitrogens with zero attached hydrogens (tertiary/aromatic N) is 2. The van der Waals surface area contributed by atoms with E-state index in [1.54, 1.807) is 35.8 Å². The van der Waals surface area contributed by atoms with Gasteiger partial charge in [0, 0.05) is 16.8 Å². The number of nitriles is 1. The molecule has 1 N–H and O–H groups in total. The summed E-state index contributed by atoms with van der Waals surface area (Å²) < 4.78 is 11.9. The maximum Gasteiger partial charge on any atom is 0.259 e. The summed E-state index contributed by atoms with van der Waals surface area (Å²) in [5, 5.41) is 13.1. The number of aryl methyl sites for hydroxylation is 1. The van der Waals surface area contributed by atoms with Crippen LogP contribution in [0.15, 0.2) is 71.7 Å². The van der Waals surface area contributed by atoms with Crippen LogP contribution in [0.2, 0.25) is 5.02 Å². The van der Waals surface area contributed by atoms with Gasteiger partial charge in [-0.3, -0.25) is 4.79 Å². The topological polar surface area (TPSA) is 83.7 Å². The van der Waals surface area contributed by atoms with E-state index in [0.29, 0.717) is 39.3 Å². The van der Waals surface area contributed by atoms with Crippen LogP contribution in [0.25, 0.3) is 0 Å². The van der Waals surface area contributed by atoms with Crippen LogP contribution in [0.3, 0.4) is 0 Å². The highest BCUT2D eigenvalue weighted by molar-refractivity contribution is 7.16. The van der Waals surface area contributed by atoms with Crippen molar-refractivity contribution in [3.05, 3.63) is 104 Å². The number of ether oxygens (including phenoxy) is 2. The number of fused-ring (bicyclic) bond motifs is 1. The monoisotopic (exact) mass is 569 g/mol. The first kappa shape index (κ1) is 27.4. The quantitative estimate of drug-likeness (QED) is 0.206. The molecule has 6 nitrogen and oxygen atoms in total. The minimum absolute atomic E-state index is 0.141. The third-order valence-corrected chi connectivity index (χ3v) is 8.02. The fraction of sp³-hybridized carbons (Fsp3) is 0.219. The van der Waals surface area contributed by atoms with E-state index >= 15 is 0 Å². The number of halogens is 1. The van der Waals surface area contributed by atoms with Crippen LogP contribution in [0.4, 0.5) is 10.7 Å². The second-order valence-electron chi connectivity index (χ2n) is 9.33. The largest absolute Gasteiger partial charge is 0.490 e. The first-order chi connectivity index (χ1) is 19.6.